The molecule has 0 spiro atoms. The molecule has 0 aromatic carbocycles. The van der Waals surface area contributed by atoms with E-state index < -0.39 is 45.9 Å². The van der Waals surface area contributed by atoms with E-state index in [2.05, 4.69) is 0 Å². The quantitative estimate of drug-likeness (QED) is 0.501. The molecule has 1 atom stereocenters. The molecule has 0 heterocycles. The van der Waals surface area contributed by atoms with Gasteiger partial charge in [-0.25, -0.2) is 13.2 Å². The van der Waals surface area contributed by atoms with Gasteiger partial charge in [0, 0.05) is 6.26 Å². The van der Waals surface area contributed by atoms with Crippen molar-refractivity contribution in [2.24, 2.45) is 0 Å². The van der Waals surface area contributed by atoms with Crippen molar-refractivity contribution in [2.45, 2.75) is 12.5 Å². The highest BCUT2D eigenvalue weighted by Gasteiger charge is 2.24. The van der Waals surface area contributed by atoms with E-state index in [-0.39, 0.29) is 0 Å². The lowest BCUT2D eigenvalue weighted by atomic mass is 10.2. The fourth-order valence-electron chi connectivity index (χ4n) is 0.849. The van der Waals surface area contributed by atoms with Crippen molar-refractivity contribution < 1.29 is 33.0 Å². The number of carboxylic acid groups (broad SMARTS) is 2. The number of hydrogen-bond acceptors (Lipinski definition) is 5. The maximum Gasteiger partial charge on any atom is 0.326 e. The van der Waals surface area contributed by atoms with Crippen LogP contribution in [0.1, 0.15) is 6.42 Å². The summed E-state index contributed by atoms with van der Waals surface area (Å²) < 4.78 is 21.4. The van der Waals surface area contributed by atoms with Crippen molar-refractivity contribution >= 4 is 27.7 Å². The lowest BCUT2D eigenvalue weighted by Crippen LogP contribution is -2.44. The van der Waals surface area contributed by atoms with Crippen LogP contribution in [0.25, 0.3) is 0 Å². The van der Waals surface area contributed by atoms with Crippen LogP contribution in [0.3, 0.4) is 0 Å². The van der Waals surface area contributed by atoms with Gasteiger partial charge in [-0.2, -0.15) is 0 Å². The van der Waals surface area contributed by atoms with Crippen molar-refractivity contribution in [1.29, 1.82) is 0 Å². The molecule has 0 aliphatic carbocycles. The predicted molar refractivity (Wildman–Crippen MR) is 51.5 cm³/mol. The summed E-state index contributed by atoms with van der Waals surface area (Å²) in [5.74, 6) is -4.87. The van der Waals surface area contributed by atoms with Crippen LogP contribution in [0.5, 0.6) is 0 Å². The molecule has 9 heteroatoms. The van der Waals surface area contributed by atoms with Gasteiger partial charge in [0.15, 0.2) is 9.84 Å². The molecule has 0 radical (unpaired) electrons. The number of carboxylic acids is 2. The third-order valence-electron chi connectivity index (χ3n) is 1.41. The molecular formula is C7H11NO7S. The number of hydrogen-bond donors (Lipinski definition) is 3. The molecule has 8 nitrogen and oxygen atoms in total. The Morgan fingerprint density at radius 2 is 1.75 bits per heavy atom. The lowest BCUT2D eigenvalue weighted by molar-refractivity contribution is -0.147. The van der Waals surface area contributed by atoms with Crippen LogP contribution in [0.4, 0.5) is 0 Å². The van der Waals surface area contributed by atoms with Crippen LogP contribution in [0.2, 0.25) is 0 Å². The Kier molecular flexibility index (Phi) is 4.89. The molecule has 0 bridgehead atoms. The Balaban J connectivity index is 4.47. The van der Waals surface area contributed by atoms with Gasteiger partial charge >= 0.3 is 11.9 Å². The minimum Gasteiger partial charge on any atom is -0.481 e. The van der Waals surface area contributed by atoms with Crippen LogP contribution in [-0.4, -0.2) is 54.5 Å². The summed E-state index contributed by atoms with van der Waals surface area (Å²) in [6, 6.07) is -1.63. The first-order valence-electron chi connectivity index (χ1n) is 4.03. The maximum atomic E-state index is 11.0. The molecule has 0 aliphatic heterocycles. The van der Waals surface area contributed by atoms with Crippen molar-refractivity contribution in [2.75, 3.05) is 12.0 Å². The van der Waals surface area contributed by atoms with Gasteiger partial charge in [0.25, 0.3) is 0 Å². The summed E-state index contributed by atoms with van der Waals surface area (Å²) in [7, 11) is -3.58. The average Bonchev–Trinajstić information content (AvgIpc) is 1.97. The molecule has 0 rings (SSSR count). The summed E-state index contributed by atoms with van der Waals surface area (Å²) in [5, 5.41) is 18.7. The lowest BCUT2D eigenvalue weighted by Gasteiger charge is -2.11. The number of rotatable bonds is 6. The monoisotopic (exact) mass is 253 g/mol. The molecule has 0 aliphatic rings. The van der Waals surface area contributed by atoms with Gasteiger partial charge in [-0.3, -0.25) is 9.59 Å². The van der Waals surface area contributed by atoms with Crippen molar-refractivity contribution in [3.05, 3.63) is 0 Å². The second kappa shape index (κ2) is 5.45. The molecule has 0 aromatic rings. The predicted octanol–water partition coefficient (Wildman–Crippen LogP) is -1.92. The fraction of sp³-hybridized carbons (Fsp3) is 0.571. The number of carbonyl (C=O) groups excluding carboxylic acids is 1. The van der Waals surface area contributed by atoms with E-state index in [1.165, 1.54) is 0 Å². The number of nitrogens with one attached hydrogen (secondary N) is 1. The van der Waals surface area contributed by atoms with Gasteiger partial charge in [-0.05, 0) is 0 Å². The highest BCUT2D eigenvalue weighted by molar-refractivity contribution is 7.91. The smallest absolute Gasteiger partial charge is 0.326 e. The summed E-state index contributed by atoms with van der Waals surface area (Å²) in [4.78, 5) is 31.8. The second-order valence-corrected chi connectivity index (χ2v) is 5.27. The Labute approximate surface area is 91.2 Å². The minimum atomic E-state index is -3.58. The van der Waals surface area contributed by atoms with E-state index in [0.717, 1.165) is 6.26 Å². The zero-order chi connectivity index (χ0) is 12.9. The van der Waals surface area contributed by atoms with Gasteiger partial charge in [0.1, 0.15) is 11.8 Å². The van der Waals surface area contributed by atoms with Gasteiger partial charge in [-0.15, -0.1) is 0 Å². The number of carbonyl (C=O) groups is 3. The van der Waals surface area contributed by atoms with Gasteiger partial charge in [-0.1, -0.05) is 0 Å². The Morgan fingerprint density at radius 1 is 1.25 bits per heavy atom. The first-order chi connectivity index (χ1) is 7.11. The molecule has 92 valence electrons. The van der Waals surface area contributed by atoms with E-state index in [1.807, 2.05) is 0 Å². The fourth-order valence-corrected chi connectivity index (χ4v) is 1.41. The van der Waals surface area contributed by atoms with Crippen LogP contribution < -0.4 is 5.32 Å². The second-order valence-electron chi connectivity index (χ2n) is 3.13. The first-order valence-corrected chi connectivity index (χ1v) is 6.09. The number of aliphatic carboxylic acids is 2. The van der Waals surface area contributed by atoms with E-state index >= 15 is 0 Å². The van der Waals surface area contributed by atoms with E-state index in [0.29, 0.717) is 0 Å². The van der Waals surface area contributed by atoms with Crippen LogP contribution in [-0.2, 0) is 24.2 Å². The van der Waals surface area contributed by atoms with Gasteiger partial charge in [0.05, 0.1) is 6.42 Å². The normalized spacial score (nSPS) is 12.8. The topological polar surface area (TPSA) is 138 Å². The van der Waals surface area contributed by atoms with Crippen molar-refractivity contribution in [1.82, 2.24) is 5.32 Å². The molecule has 1 amide bonds. The molecule has 0 aromatic heterocycles. The van der Waals surface area contributed by atoms with E-state index in [1.54, 1.807) is 5.32 Å². The molecule has 0 saturated carbocycles. The van der Waals surface area contributed by atoms with Crippen LogP contribution >= 0.6 is 0 Å². The number of sulfone groups is 1. The standard InChI is InChI=1S/C7H11NO7S/c1-16(14,15)3-5(9)8-4(7(12)13)2-6(10)11/h4H,2-3H2,1H3,(H,8,9)(H,10,11)(H,12,13)/t4-/m0/s1. The van der Waals surface area contributed by atoms with Crippen molar-refractivity contribution in [3.63, 3.8) is 0 Å². The number of amides is 1. The Morgan fingerprint density at radius 3 is 2.06 bits per heavy atom. The molecule has 0 saturated heterocycles. The minimum absolute atomic E-state index is 0.805. The van der Waals surface area contributed by atoms with E-state index in [9.17, 15) is 22.8 Å². The molecule has 0 unspecified atom stereocenters. The summed E-state index contributed by atoms with van der Waals surface area (Å²) in [5.41, 5.74) is 0. The van der Waals surface area contributed by atoms with Crippen molar-refractivity contribution in [3.8, 4) is 0 Å². The third-order valence-corrected chi connectivity index (χ3v) is 2.19. The van der Waals surface area contributed by atoms with Gasteiger partial charge in [0.2, 0.25) is 5.91 Å². The van der Waals surface area contributed by atoms with Crippen LogP contribution in [0, 0.1) is 0 Å². The highest BCUT2D eigenvalue weighted by Crippen LogP contribution is 1.94. The van der Waals surface area contributed by atoms with E-state index in [4.69, 9.17) is 10.2 Å². The zero-order valence-corrected chi connectivity index (χ0v) is 9.15. The third kappa shape index (κ3) is 6.76. The molecular weight excluding hydrogens is 242 g/mol. The zero-order valence-electron chi connectivity index (χ0n) is 8.34. The molecule has 16 heavy (non-hydrogen) atoms. The largest absolute Gasteiger partial charge is 0.481 e. The summed E-state index contributed by atoms with van der Waals surface area (Å²) >= 11 is 0. The SMILES string of the molecule is CS(=O)(=O)CC(=O)N[C@@H](CC(=O)O)C(=O)O. The van der Waals surface area contributed by atoms with Crippen LogP contribution in [0.15, 0.2) is 0 Å². The summed E-state index contributed by atoms with van der Waals surface area (Å²) in [6.45, 7) is 0. The Hall–Kier alpha value is -1.64. The van der Waals surface area contributed by atoms with Gasteiger partial charge < -0.3 is 15.5 Å². The molecule has 3 N–H and O–H groups in total. The maximum absolute atomic E-state index is 11.0. The molecule has 0 fully saturated rings. The Bertz CT molecular complexity index is 399. The average molecular weight is 253 g/mol. The summed E-state index contributed by atoms with van der Waals surface area (Å²) in [6.07, 6.45) is -0.00954. The highest BCUT2D eigenvalue weighted by atomic mass is 32.2. The first kappa shape index (κ1) is 14.4.